The maximum Gasteiger partial charge on any atom is 0.0826 e. The summed E-state index contributed by atoms with van der Waals surface area (Å²) in [5.74, 6) is 0. The van der Waals surface area contributed by atoms with Gasteiger partial charge in [0.1, 0.15) is 0 Å². The lowest BCUT2D eigenvalue weighted by molar-refractivity contribution is 0.164. The lowest BCUT2D eigenvalue weighted by Gasteiger charge is -2.33. The van der Waals surface area contributed by atoms with Crippen LogP contribution in [0.1, 0.15) is 44.3 Å². The fourth-order valence-corrected chi connectivity index (χ4v) is 2.40. The van der Waals surface area contributed by atoms with Crippen LogP contribution in [0.2, 0.25) is 0 Å². The van der Waals surface area contributed by atoms with E-state index >= 15 is 0 Å². The van der Waals surface area contributed by atoms with Gasteiger partial charge in [0, 0.05) is 24.3 Å². The molecule has 0 saturated heterocycles. The van der Waals surface area contributed by atoms with Gasteiger partial charge in [-0.3, -0.25) is 0 Å². The fourth-order valence-electron chi connectivity index (χ4n) is 2.40. The van der Waals surface area contributed by atoms with Crippen molar-refractivity contribution in [3.63, 3.8) is 0 Å². The van der Waals surface area contributed by atoms with E-state index in [4.69, 9.17) is 0 Å². The number of aliphatic hydroxyl groups is 1. The summed E-state index contributed by atoms with van der Waals surface area (Å²) in [4.78, 5) is 2.41. The minimum Gasteiger partial charge on any atom is -0.388 e. The zero-order chi connectivity index (χ0) is 11.4. The lowest BCUT2D eigenvalue weighted by Crippen LogP contribution is -2.31. The molecule has 16 heavy (non-hydrogen) atoms. The molecule has 0 spiro atoms. The van der Waals surface area contributed by atoms with Crippen molar-refractivity contribution in [2.24, 2.45) is 0 Å². The smallest absolute Gasteiger partial charge is 0.0826 e. The van der Waals surface area contributed by atoms with Crippen molar-refractivity contribution in [2.75, 3.05) is 18.0 Å². The summed E-state index contributed by atoms with van der Waals surface area (Å²) >= 11 is 0. The van der Waals surface area contributed by atoms with Gasteiger partial charge < -0.3 is 10.0 Å². The summed E-state index contributed by atoms with van der Waals surface area (Å²) in [5, 5.41) is 9.92. The normalized spacial score (nSPS) is 19.6. The Morgan fingerprint density at radius 1 is 1.31 bits per heavy atom. The maximum atomic E-state index is 9.92. The van der Waals surface area contributed by atoms with E-state index in [9.17, 15) is 5.11 Å². The van der Waals surface area contributed by atoms with Crippen molar-refractivity contribution < 1.29 is 5.11 Å². The number of benzene rings is 1. The summed E-state index contributed by atoms with van der Waals surface area (Å²) in [6.45, 7) is 4.34. The lowest BCUT2D eigenvalue weighted by atomic mass is 9.98. The van der Waals surface area contributed by atoms with Gasteiger partial charge in [-0.1, -0.05) is 38.0 Å². The van der Waals surface area contributed by atoms with Crippen LogP contribution in [-0.4, -0.2) is 18.2 Å². The molecule has 88 valence electrons. The van der Waals surface area contributed by atoms with Crippen molar-refractivity contribution in [3.05, 3.63) is 29.8 Å². The third-order valence-electron chi connectivity index (χ3n) is 3.34. The van der Waals surface area contributed by atoms with Crippen molar-refractivity contribution in [3.8, 4) is 0 Å². The molecule has 1 unspecified atom stereocenters. The molecule has 2 nitrogen and oxygen atoms in total. The minimum absolute atomic E-state index is 0.265. The average molecular weight is 219 g/mol. The number of hydrogen-bond acceptors (Lipinski definition) is 2. The highest BCUT2D eigenvalue weighted by Crippen LogP contribution is 2.33. The Morgan fingerprint density at radius 3 is 2.94 bits per heavy atom. The predicted octanol–water partition coefficient (Wildman–Crippen LogP) is 3.12. The van der Waals surface area contributed by atoms with E-state index in [2.05, 4.69) is 24.0 Å². The van der Waals surface area contributed by atoms with Gasteiger partial charge in [0.25, 0.3) is 0 Å². The molecule has 1 atom stereocenters. The Kier molecular flexibility index (Phi) is 3.83. The van der Waals surface area contributed by atoms with Gasteiger partial charge in [-0.25, -0.2) is 0 Å². The number of unbranched alkanes of at least 4 members (excludes halogenated alkanes) is 2. The summed E-state index contributed by atoms with van der Waals surface area (Å²) < 4.78 is 0. The molecule has 1 aliphatic rings. The van der Waals surface area contributed by atoms with Crippen LogP contribution in [0.4, 0.5) is 5.69 Å². The quantitative estimate of drug-likeness (QED) is 0.786. The number of anilines is 1. The van der Waals surface area contributed by atoms with Gasteiger partial charge in [0.2, 0.25) is 0 Å². The maximum absolute atomic E-state index is 9.92. The van der Waals surface area contributed by atoms with E-state index in [0.29, 0.717) is 0 Å². The molecular weight excluding hydrogens is 198 g/mol. The molecule has 0 radical (unpaired) electrons. The monoisotopic (exact) mass is 219 g/mol. The molecule has 1 aromatic rings. The zero-order valence-electron chi connectivity index (χ0n) is 10.0. The van der Waals surface area contributed by atoms with E-state index in [1.807, 2.05) is 12.1 Å². The molecule has 1 aliphatic heterocycles. The first-order valence-corrected chi connectivity index (χ1v) is 6.35. The molecule has 1 aromatic carbocycles. The molecule has 0 fully saturated rings. The van der Waals surface area contributed by atoms with Crippen molar-refractivity contribution in [2.45, 2.75) is 38.7 Å². The van der Waals surface area contributed by atoms with Crippen LogP contribution in [0.25, 0.3) is 0 Å². The van der Waals surface area contributed by atoms with E-state index in [1.54, 1.807) is 0 Å². The van der Waals surface area contributed by atoms with Crippen LogP contribution < -0.4 is 4.90 Å². The predicted molar refractivity (Wildman–Crippen MR) is 67.8 cm³/mol. The van der Waals surface area contributed by atoms with E-state index in [-0.39, 0.29) is 6.10 Å². The zero-order valence-corrected chi connectivity index (χ0v) is 10.0. The minimum atomic E-state index is -0.265. The number of rotatable bonds is 4. The molecule has 1 N–H and O–H groups in total. The van der Waals surface area contributed by atoms with Crippen molar-refractivity contribution in [1.82, 2.24) is 0 Å². The Morgan fingerprint density at radius 2 is 2.12 bits per heavy atom. The first-order valence-electron chi connectivity index (χ1n) is 6.35. The van der Waals surface area contributed by atoms with Crippen LogP contribution in [0.5, 0.6) is 0 Å². The Bertz CT molecular complexity index is 337. The van der Waals surface area contributed by atoms with Crippen LogP contribution in [0.15, 0.2) is 24.3 Å². The highest BCUT2D eigenvalue weighted by Gasteiger charge is 2.22. The molecule has 0 aliphatic carbocycles. The van der Waals surface area contributed by atoms with Gasteiger partial charge in [0.05, 0.1) is 6.10 Å². The van der Waals surface area contributed by atoms with Crippen molar-refractivity contribution >= 4 is 5.69 Å². The van der Waals surface area contributed by atoms with E-state index in [1.165, 1.54) is 24.9 Å². The average Bonchev–Trinajstić information content (AvgIpc) is 2.33. The molecule has 1 heterocycles. The molecule has 0 amide bonds. The third-order valence-corrected chi connectivity index (χ3v) is 3.34. The number of aliphatic hydroxyl groups excluding tert-OH is 1. The standard InChI is InChI=1S/C14H21NO/c1-2-3-6-10-15-11-9-14(16)12-7-4-5-8-13(12)15/h4-5,7-8,14,16H,2-3,6,9-11H2,1H3. The van der Waals surface area contributed by atoms with Gasteiger partial charge >= 0.3 is 0 Å². The molecule has 2 heteroatoms. The highest BCUT2D eigenvalue weighted by molar-refractivity contribution is 5.56. The highest BCUT2D eigenvalue weighted by atomic mass is 16.3. The van der Waals surface area contributed by atoms with Crippen molar-refractivity contribution in [1.29, 1.82) is 0 Å². The van der Waals surface area contributed by atoms with Gasteiger partial charge in [0.15, 0.2) is 0 Å². The third kappa shape index (κ3) is 2.38. The van der Waals surface area contributed by atoms with Crippen LogP contribution >= 0.6 is 0 Å². The first kappa shape index (κ1) is 11.5. The van der Waals surface area contributed by atoms with Gasteiger partial charge in [-0.05, 0) is 18.9 Å². The molecule has 2 rings (SSSR count). The summed E-state index contributed by atoms with van der Waals surface area (Å²) in [6, 6.07) is 8.25. The van der Waals surface area contributed by atoms with Crippen LogP contribution in [-0.2, 0) is 0 Å². The van der Waals surface area contributed by atoms with Crippen LogP contribution in [0, 0.1) is 0 Å². The Labute approximate surface area is 97.9 Å². The molecular formula is C14H21NO. The number of para-hydroxylation sites is 1. The van der Waals surface area contributed by atoms with E-state index in [0.717, 1.165) is 25.1 Å². The van der Waals surface area contributed by atoms with E-state index < -0.39 is 0 Å². The fraction of sp³-hybridized carbons (Fsp3) is 0.571. The van der Waals surface area contributed by atoms with Gasteiger partial charge in [-0.2, -0.15) is 0 Å². The molecule has 0 aromatic heterocycles. The Balaban J connectivity index is 2.09. The number of hydrogen-bond donors (Lipinski definition) is 1. The summed E-state index contributed by atoms with van der Waals surface area (Å²) in [5.41, 5.74) is 2.34. The summed E-state index contributed by atoms with van der Waals surface area (Å²) in [6.07, 6.45) is 4.40. The van der Waals surface area contributed by atoms with Crippen LogP contribution in [0.3, 0.4) is 0 Å². The second-order valence-corrected chi connectivity index (χ2v) is 4.56. The second-order valence-electron chi connectivity index (χ2n) is 4.56. The number of nitrogens with zero attached hydrogens (tertiary/aromatic N) is 1. The first-order chi connectivity index (χ1) is 7.83. The Hall–Kier alpha value is -1.02. The number of fused-ring (bicyclic) bond motifs is 1. The molecule has 0 saturated carbocycles. The summed E-state index contributed by atoms with van der Waals surface area (Å²) in [7, 11) is 0. The second kappa shape index (κ2) is 5.35. The van der Waals surface area contributed by atoms with Gasteiger partial charge in [-0.15, -0.1) is 0 Å². The largest absolute Gasteiger partial charge is 0.388 e. The molecule has 0 bridgehead atoms. The SMILES string of the molecule is CCCCCN1CCC(O)c2ccccc21. The topological polar surface area (TPSA) is 23.5 Å².